The molecule has 0 amide bonds. The van der Waals surface area contributed by atoms with Gasteiger partial charge in [0.1, 0.15) is 6.61 Å². The SMILES string of the molecule is COc1ccc(-c2c3c(cc4cc5c(cc24)OCO5)C(=O)OC3)cc1OC. The Kier molecular flexibility index (Phi) is 3.40. The van der Waals surface area contributed by atoms with Crippen molar-refractivity contribution in [3.63, 3.8) is 0 Å². The van der Waals surface area contributed by atoms with Gasteiger partial charge in [-0.15, -0.1) is 0 Å². The summed E-state index contributed by atoms with van der Waals surface area (Å²) in [6, 6.07) is 11.4. The van der Waals surface area contributed by atoms with Gasteiger partial charge in [-0.25, -0.2) is 4.79 Å². The van der Waals surface area contributed by atoms with Crippen LogP contribution in [-0.4, -0.2) is 27.0 Å². The standard InChI is InChI=1S/C21H16O6/c1-23-16-4-3-11(6-17(16)24-2)20-13-8-19-18(26-10-27-19)7-12(13)5-14-15(20)9-25-21(14)22/h3-8H,9-10H2,1-2H3. The molecule has 0 atom stereocenters. The van der Waals surface area contributed by atoms with Gasteiger partial charge < -0.3 is 23.7 Å². The van der Waals surface area contributed by atoms with E-state index in [2.05, 4.69) is 0 Å². The van der Waals surface area contributed by atoms with E-state index in [-0.39, 0.29) is 19.4 Å². The van der Waals surface area contributed by atoms with E-state index in [4.69, 9.17) is 23.7 Å². The monoisotopic (exact) mass is 364 g/mol. The normalized spacial score (nSPS) is 14.2. The van der Waals surface area contributed by atoms with Crippen molar-refractivity contribution in [2.24, 2.45) is 0 Å². The van der Waals surface area contributed by atoms with E-state index < -0.39 is 0 Å². The Bertz CT molecular complexity index is 1100. The number of rotatable bonds is 3. The first-order chi connectivity index (χ1) is 13.2. The van der Waals surface area contributed by atoms with E-state index in [0.717, 1.165) is 27.5 Å². The maximum Gasteiger partial charge on any atom is 0.338 e. The fraction of sp³-hybridized carbons (Fsp3) is 0.190. The zero-order valence-corrected chi connectivity index (χ0v) is 14.8. The van der Waals surface area contributed by atoms with Crippen molar-refractivity contribution in [2.75, 3.05) is 21.0 Å². The topological polar surface area (TPSA) is 63.2 Å². The summed E-state index contributed by atoms with van der Waals surface area (Å²) in [5.74, 6) is 2.31. The van der Waals surface area contributed by atoms with Gasteiger partial charge in [0.2, 0.25) is 6.79 Å². The molecule has 0 aliphatic carbocycles. The summed E-state index contributed by atoms with van der Waals surface area (Å²) >= 11 is 0. The highest BCUT2D eigenvalue weighted by molar-refractivity contribution is 6.08. The van der Waals surface area contributed by atoms with Crippen LogP contribution in [0.15, 0.2) is 36.4 Å². The van der Waals surface area contributed by atoms with Crippen LogP contribution in [-0.2, 0) is 11.3 Å². The van der Waals surface area contributed by atoms with Crippen LogP contribution in [0.3, 0.4) is 0 Å². The molecule has 2 aliphatic heterocycles. The molecular formula is C21H16O6. The highest BCUT2D eigenvalue weighted by atomic mass is 16.7. The summed E-state index contributed by atoms with van der Waals surface area (Å²) in [6.07, 6.45) is 0. The quantitative estimate of drug-likeness (QED) is 0.657. The van der Waals surface area contributed by atoms with Gasteiger partial charge in [-0.3, -0.25) is 0 Å². The molecule has 6 nitrogen and oxygen atoms in total. The maximum atomic E-state index is 12.2. The van der Waals surface area contributed by atoms with Gasteiger partial charge in [0.05, 0.1) is 19.8 Å². The molecule has 6 heteroatoms. The van der Waals surface area contributed by atoms with E-state index in [9.17, 15) is 4.79 Å². The molecule has 2 heterocycles. The third-order valence-electron chi connectivity index (χ3n) is 4.98. The van der Waals surface area contributed by atoms with Crippen molar-refractivity contribution in [2.45, 2.75) is 6.61 Å². The highest BCUT2D eigenvalue weighted by Gasteiger charge is 2.28. The summed E-state index contributed by atoms with van der Waals surface area (Å²) in [5.41, 5.74) is 3.27. The molecule has 3 aromatic rings. The van der Waals surface area contributed by atoms with E-state index in [0.29, 0.717) is 28.6 Å². The number of ether oxygens (including phenoxy) is 5. The van der Waals surface area contributed by atoms with Gasteiger partial charge in [0.25, 0.3) is 0 Å². The smallest absolute Gasteiger partial charge is 0.338 e. The summed E-state index contributed by atoms with van der Waals surface area (Å²) in [5, 5.41) is 1.85. The first-order valence-electron chi connectivity index (χ1n) is 8.48. The van der Waals surface area contributed by atoms with E-state index >= 15 is 0 Å². The van der Waals surface area contributed by atoms with Crippen LogP contribution >= 0.6 is 0 Å². The molecule has 0 saturated heterocycles. The maximum absolute atomic E-state index is 12.2. The molecule has 0 bridgehead atoms. The van der Waals surface area contributed by atoms with Gasteiger partial charge >= 0.3 is 5.97 Å². The number of methoxy groups -OCH3 is 2. The highest BCUT2D eigenvalue weighted by Crippen LogP contribution is 2.45. The van der Waals surface area contributed by atoms with Crippen LogP contribution in [0.25, 0.3) is 21.9 Å². The van der Waals surface area contributed by atoms with Crippen molar-refractivity contribution >= 4 is 16.7 Å². The van der Waals surface area contributed by atoms with Gasteiger partial charge in [-0.1, -0.05) is 6.07 Å². The van der Waals surface area contributed by atoms with Crippen LogP contribution in [0.2, 0.25) is 0 Å². The molecule has 0 spiro atoms. The molecule has 0 unspecified atom stereocenters. The zero-order valence-electron chi connectivity index (χ0n) is 14.8. The molecule has 0 saturated carbocycles. The average molecular weight is 364 g/mol. The number of carbonyl (C=O) groups is 1. The number of carbonyl (C=O) groups excluding carboxylic acids is 1. The molecule has 5 rings (SSSR count). The molecule has 27 heavy (non-hydrogen) atoms. The minimum absolute atomic E-state index is 0.194. The Morgan fingerprint density at radius 3 is 2.44 bits per heavy atom. The lowest BCUT2D eigenvalue weighted by Crippen LogP contribution is -1.96. The fourth-order valence-electron chi connectivity index (χ4n) is 3.70. The van der Waals surface area contributed by atoms with Gasteiger partial charge in [0, 0.05) is 5.56 Å². The zero-order chi connectivity index (χ0) is 18.5. The molecule has 3 aromatic carbocycles. The number of benzene rings is 3. The van der Waals surface area contributed by atoms with E-state index in [1.165, 1.54) is 0 Å². The first-order valence-corrected chi connectivity index (χ1v) is 8.48. The minimum Gasteiger partial charge on any atom is -0.493 e. The van der Waals surface area contributed by atoms with Crippen LogP contribution in [0.1, 0.15) is 15.9 Å². The molecule has 2 aliphatic rings. The lowest BCUT2D eigenvalue weighted by Gasteiger charge is -2.15. The Balaban J connectivity index is 1.84. The third-order valence-corrected chi connectivity index (χ3v) is 4.98. The third kappa shape index (κ3) is 2.30. The lowest BCUT2D eigenvalue weighted by molar-refractivity contribution is 0.0535. The van der Waals surface area contributed by atoms with Crippen LogP contribution in [0, 0.1) is 0 Å². The second-order valence-electron chi connectivity index (χ2n) is 6.35. The number of cyclic esters (lactones) is 1. The molecule has 0 N–H and O–H groups in total. The fourth-order valence-corrected chi connectivity index (χ4v) is 3.70. The Labute approximate surface area is 155 Å². The Morgan fingerprint density at radius 1 is 0.889 bits per heavy atom. The average Bonchev–Trinajstić information content (AvgIpc) is 3.30. The Hall–Kier alpha value is -3.41. The largest absolute Gasteiger partial charge is 0.493 e. The van der Waals surface area contributed by atoms with Crippen molar-refractivity contribution in [3.05, 3.63) is 47.5 Å². The van der Waals surface area contributed by atoms with Crippen molar-refractivity contribution in [1.29, 1.82) is 0 Å². The first kappa shape index (κ1) is 15.8. The summed E-state index contributed by atoms with van der Waals surface area (Å²) < 4.78 is 27.1. The minimum atomic E-state index is -0.314. The van der Waals surface area contributed by atoms with Gasteiger partial charge in [-0.05, 0) is 52.2 Å². The second-order valence-corrected chi connectivity index (χ2v) is 6.35. The number of esters is 1. The van der Waals surface area contributed by atoms with Gasteiger partial charge in [0.15, 0.2) is 23.0 Å². The molecule has 0 aromatic heterocycles. The predicted octanol–water partition coefficient (Wildman–Crippen LogP) is 3.92. The van der Waals surface area contributed by atoms with E-state index in [1.807, 2.05) is 36.4 Å². The molecular weight excluding hydrogens is 348 g/mol. The Morgan fingerprint density at radius 2 is 1.67 bits per heavy atom. The number of hydrogen-bond donors (Lipinski definition) is 0. The summed E-state index contributed by atoms with van der Waals surface area (Å²) in [6.45, 7) is 0.432. The molecule has 136 valence electrons. The van der Waals surface area contributed by atoms with Crippen LogP contribution in [0.4, 0.5) is 0 Å². The second kappa shape index (κ2) is 5.81. The summed E-state index contributed by atoms with van der Waals surface area (Å²) in [4.78, 5) is 12.2. The van der Waals surface area contributed by atoms with Gasteiger partial charge in [-0.2, -0.15) is 0 Å². The number of fused-ring (bicyclic) bond motifs is 3. The number of hydrogen-bond acceptors (Lipinski definition) is 6. The van der Waals surface area contributed by atoms with Crippen LogP contribution in [0.5, 0.6) is 23.0 Å². The van der Waals surface area contributed by atoms with Crippen LogP contribution < -0.4 is 18.9 Å². The lowest BCUT2D eigenvalue weighted by atomic mass is 9.90. The van der Waals surface area contributed by atoms with Crippen molar-refractivity contribution in [3.8, 4) is 34.1 Å². The summed E-state index contributed by atoms with van der Waals surface area (Å²) in [7, 11) is 3.19. The van der Waals surface area contributed by atoms with Crippen molar-refractivity contribution < 1.29 is 28.5 Å². The molecule has 0 fully saturated rings. The molecule has 0 radical (unpaired) electrons. The predicted molar refractivity (Wildman–Crippen MR) is 97.7 cm³/mol. The van der Waals surface area contributed by atoms with Crippen molar-refractivity contribution in [1.82, 2.24) is 0 Å². The van der Waals surface area contributed by atoms with E-state index in [1.54, 1.807) is 14.2 Å².